The van der Waals surface area contributed by atoms with Crippen LogP contribution in [0, 0.1) is 23.2 Å². The minimum atomic E-state index is -0.472. The molecule has 0 radical (unpaired) electrons. The van der Waals surface area contributed by atoms with Gasteiger partial charge in [-0.1, -0.05) is 45.8 Å². The number of Topliss-reactive ketones (excluding diaryl/α,β-unsaturated/α-hetero) is 2. The maximum Gasteiger partial charge on any atom is 0.166 e. The summed E-state index contributed by atoms with van der Waals surface area (Å²) in [6, 6.07) is 3.93. The third-order valence-corrected chi connectivity index (χ3v) is 7.91. The zero-order chi connectivity index (χ0) is 28.5. The average Bonchev–Trinajstić information content (AvgIpc) is 2.84. The molecule has 6 nitrogen and oxygen atoms in total. The van der Waals surface area contributed by atoms with Crippen molar-refractivity contribution < 1.29 is 23.8 Å². The van der Waals surface area contributed by atoms with Gasteiger partial charge in [0.2, 0.25) is 0 Å². The lowest BCUT2D eigenvalue weighted by atomic mass is 9.63. The minimum absolute atomic E-state index is 0.0924. The van der Waals surface area contributed by atoms with E-state index in [0.717, 1.165) is 46.5 Å². The van der Waals surface area contributed by atoms with Gasteiger partial charge in [0.05, 0.1) is 13.7 Å². The smallest absolute Gasteiger partial charge is 0.166 e. The van der Waals surface area contributed by atoms with Crippen molar-refractivity contribution >= 4 is 11.6 Å². The first-order valence-electron chi connectivity index (χ1n) is 13.6. The van der Waals surface area contributed by atoms with Gasteiger partial charge in [0.15, 0.2) is 23.1 Å². The molecule has 39 heavy (non-hydrogen) atoms. The summed E-state index contributed by atoms with van der Waals surface area (Å²) in [7, 11) is 3.27. The molecule has 0 fully saturated rings. The predicted octanol–water partition coefficient (Wildman–Crippen LogP) is 5.77. The van der Waals surface area contributed by atoms with Crippen molar-refractivity contribution in [3.05, 3.63) is 58.5 Å². The standard InChI is InChI=1S/C33H41NO5/c1-9-11-21-15-22(16-27(38-8)31(21)39-13-10-2)28-29-23(17-32(3,4)19-25(29)35)34(12-14-37-7)24-18-33(5,6)20-26(36)30(24)28/h2,9,15-16,28H,1,11-14,17-20H2,3-8H3. The first-order valence-corrected chi connectivity index (χ1v) is 13.6. The molecule has 0 atom stereocenters. The van der Waals surface area contributed by atoms with Crippen LogP contribution >= 0.6 is 0 Å². The quantitative estimate of drug-likeness (QED) is 0.298. The lowest BCUT2D eigenvalue weighted by molar-refractivity contribution is -0.119. The molecule has 3 aliphatic rings. The molecular weight excluding hydrogens is 490 g/mol. The topological polar surface area (TPSA) is 65.1 Å². The van der Waals surface area contributed by atoms with Crippen LogP contribution < -0.4 is 9.47 Å². The van der Waals surface area contributed by atoms with Crippen molar-refractivity contribution in [2.45, 2.75) is 65.7 Å². The highest BCUT2D eigenvalue weighted by Gasteiger charge is 2.49. The van der Waals surface area contributed by atoms with Crippen LogP contribution in [0.15, 0.2) is 47.3 Å². The number of rotatable bonds is 9. The van der Waals surface area contributed by atoms with Crippen LogP contribution in [0.2, 0.25) is 0 Å². The van der Waals surface area contributed by atoms with Crippen molar-refractivity contribution in [3.8, 4) is 23.8 Å². The molecule has 208 valence electrons. The monoisotopic (exact) mass is 531 g/mol. The molecule has 0 aromatic heterocycles. The van der Waals surface area contributed by atoms with Crippen LogP contribution in [0.3, 0.4) is 0 Å². The normalized spacial score (nSPS) is 20.4. The highest BCUT2D eigenvalue weighted by molar-refractivity contribution is 6.06. The Hall–Kier alpha value is -3.30. The Balaban J connectivity index is 2.02. The first-order chi connectivity index (χ1) is 18.5. The molecule has 0 spiro atoms. The fourth-order valence-corrected chi connectivity index (χ4v) is 6.42. The van der Waals surface area contributed by atoms with E-state index in [1.807, 2.05) is 12.1 Å². The lowest BCUT2D eigenvalue weighted by Crippen LogP contribution is -2.45. The summed E-state index contributed by atoms with van der Waals surface area (Å²) < 4.78 is 17.1. The number of ketones is 2. The van der Waals surface area contributed by atoms with Gasteiger partial charge < -0.3 is 19.1 Å². The van der Waals surface area contributed by atoms with Gasteiger partial charge in [-0.2, -0.15) is 0 Å². The van der Waals surface area contributed by atoms with E-state index in [1.54, 1.807) is 20.3 Å². The number of methoxy groups -OCH3 is 2. The van der Waals surface area contributed by atoms with Crippen LogP contribution in [-0.2, 0) is 20.7 Å². The van der Waals surface area contributed by atoms with Crippen LogP contribution in [0.1, 0.15) is 70.4 Å². The number of hydrogen-bond acceptors (Lipinski definition) is 6. The van der Waals surface area contributed by atoms with E-state index in [2.05, 4.69) is 45.1 Å². The van der Waals surface area contributed by atoms with E-state index in [1.165, 1.54) is 0 Å². The van der Waals surface area contributed by atoms with E-state index in [0.29, 0.717) is 43.9 Å². The molecule has 6 heteroatoms. The van der Waals surface area contributed by atoms with Crippen molar-refractivity contribution in [2.75, 3.05) is 34.0 Å². The fraction of sp³-hybridized carbons (Fsp3) is 0.515. The molecule has 0 saturated heterocycles. The molecule has 1 aromatic carbocycles. The molecule has 1 aliphatic heterocycles. The summed E-state index contributed by atoms with van der Waals surface area (Å²) >= 11 is 0. The van der Waals surface area contributed by atoms with Gasteiger partial charge in [0.25, 0.3) is 0 Å². The number of benzene rings is 1. The molecule has 1 heterocycles. The van der Waals surface area contributed by atoms with Gasteiger partial charge in [-0.15, -0.1) is 13.0 Å². The third-order valence-electron chi connectivity index (χ3n) is 7.91. The maximum atomic E-state index is 14.0. The summed E-state index contributed by atoms with van der Waals surface area (Å²) in [6.07, 6.45) is 10.2. The van der Waals surface area contributed by atoms with Crippen LogP contribution in [-0.4, -0.2) is 50.4 Å². The fourth-order valence-electron chi connectivity index (χ4n) is 6.42. The highest BCUT2D eigenvalue weighted by Crippen LogP contribution is 2.55. The number of carbonyl (C=O) groups is 2. The summed E-state index contributed by atoms with van der Waals surface area (Å²) in [5.74, 6) is 3.31. The largest absolute Gasteiger partial charge is 0.493 e. The number of allylic oxidation sites excluding steroid dienone is 5. The summed E-state index contributed by atoms with van der Waals surface area (Å²) in [6.45, 7) is 13.7. The SMILES string of the molecule is C#CCOc1c(CC=C)cc(C2C3=C(CC(C)(C)CC3=O)N(CCOC)C3=C2C(=O)CC(C)(C)C3)cc1OC. The van der Waals surface area contributed by atoms with Crippen molar-refractivity contribution in [1.82, 2.24) is 4.90 Å². The Morgan fingerprint density at radius 1 is 1.03 bits per heavy atom. The lowest BCUT2D eigenvalue weighted by Gasteiger charge is -2.49. The van der Waals surface area contributed by atoms with Gasteiger partial charge in [0.1, 0.15) is 6.61 Å². The number of hydrogen-bond donors (Lipinski definition) is 0. The third kappa shape index (κ3) is 5.56. The average molecular weight is 532 g/mol. The molecule has 0 bridgehead atoms. The van der Waals surface area contributed by atoms with Crippen molar-refractivity contribution in [2.24, 2.45) is 10.8 Å². The zero-order valence-electron chi connectivity index (χ0n) is 24.2. The van der Waals surface area contributed by atoms with Gasteiger partial charge in [-0.3, -0.25) is 9.59 Å². The second-order valence-corrected chi connectivity index (χ2v) is 12.4. The zero-order valence-corrected chi connectivity index (χ0v) is 24.2. The summed E-state index contributed by atoms with van der Waals surface area (Å²) in [5.41, 5.74) is 4.81. The Morgan fingerprint density at radius 3 is 2.10 bits per heavy atom. The molecule has 4 rings (SSSR count). The van der Waals surface area contributed by atoms with Crippen molar-refractivity contribution in [3.63, 3.8) is 0 Å². The Morgan fingerprint density at radius 2 is 1.62 bits per heavy atom. The van der Waals surface area contributed by atoms with Crippen LogP contribution in [0.4, 0.5) is 0 Å². The second kappa shape index (κ2) is 11.1. The molecule has 2 aliphatic carbocycles. The molecule has 0 saturated carbocycles. The van der Waals surface area contributed by atoms with Gasteiger partial charge in [-0.25, -0.2) is 0 Å². The predicted molar refractivity (Wildman–Crippen MR) is 153 cm³/mol. The number of ether oxygens (including phenoxy) is 3. The number of carbonyl (C=O) groups excluding carboxylic acids is 2. The second-order valence-electron chi connectivity index (χ2n) is 12.4. The molecule has 1 aromatic rings. The molecule has 0 unspecified atom stereocenters. The molecular formula is C33H41NO5. The number of terminal acetylenes is 1. The van der Waals surface area contributed by atoms with E-state index >= 15 is 0 Å². The highest BCUT2D eigenvalue weighted by atomic mass is 16.5. The summed E-state index contributed by atoms with van der Waals surface area (Å²) in [5, 5.41) is 0. The van der Waals surface area contributed by atoms with E-state index < -0.39 is 5.92 Å². The van der Waals surface area contributed by atoms with Crippen LogP contribution in [0.5, 0.6) is 11.5 Å². The summed E-state index contributed by atoms with van der Waals surface area (Å²) in [4.78, 5) is 30.2. The maximum absolute atomic E-state index is 14.0. The Bertz CT molecular complexity index is 1240. The number of nitrogens with zero attached hydrogens (tertiary/aromatic N) is 1. The molecule has 0 N–H and O–H groups in total. The van der Waals surface area contributed by atoms with E-state index in [4.69, 9.17) is 20.6 Å². The molecule has 0 amide bonds. The minimum Gasteiger partial charge on any atom is -0.493 e. The van der Waals surface area contributed by atoms with E-state index in [9.17, 15) is 9.59 Å². The van der Waals surface area contributed by atoms with E-state index in [-0.39, 0.29) is 29.0 Å². The van der Waals surface area contributed by atoms with Crippen LogP contribution in [0.25, 0.3) is 0 Å². The first kappa shape index (κ1) is 28.7. The van der Waals surface area contributed by atoms with Gasteiger partial charge in [-0.05, 0) is 41.7 Å². The van der Waals surface area contributed by atoms with Gasteiger partial charge >= 0.3 is 0 Å². The van der Waals surface area contributed by atoms with Gasteiger partial charge in [0, 0.05) is 60.5 Å². The van der Waals surface area contributed by atoms with Crippen molar-refractivity contribution in [1.29, 1.82) is 0 Å². The Kier molecular flexibility index (Phi) is 8.14. The Labute approximate surface area is 233 Å².